The number of fused-ring (bicyclic) bond motifs is 1. The molecular weight excluding hydrogens is 442 g/mol. The predicted molar refractivity (Wildman–Crippen MR) is 132 cm³/mol. The Labute approximate surface area is 206 Å². The van der Waals surface area contributed by atoms with Gasteiger partial charge in [-0.25, -0.2) is 0 Å². The number of hydrogen-bond acceptors (Lipinski definition) is 6. The second-order valence-corrected chi connectivity index (χ2v) is 10.1. The molecule has 184 valence electrons. The number of carbonyl (C=O) groups is 3. The molecule has 3 atom stereocenters. The maximum atomic E-state index is 13.0. The van der Waals surface area contributed by atoms with E-state index in [9.17, 15) is 14.4 Å². The van der Waals surface area contributed by atoms with Crippen LogP contribution in [0.3, 0.4) is 0 Å². The Morgan fingerprint density at radius 1 is 0.971 bits per heavy atom. The SMILES string of the molecule is C[C@@H]1CNC[C@H](C)N1Cc1ccc(COc2cccc3c2CN(C2CCC(=O)CC2=O)C3=O)cc1. The second kappa shape index (κ2) is 9.91. The third kappa shape index (κ3) is 4.88. The number of nitrogens with zero attached hydrogens (tertiary/aromatic N) is 2. The lowest BCUT2D eigenvalue weighted by Gasteiger charge is -2.39. The molecule has 1 N–H and O–H groups in total. The van der Waals surface area contributed by atoms with Gasteiger partial charge in [0.05, 0.1) is 19.0 Å². The zero-order valence-corrected chi connectivity index (χ0v) is 20.5. The lowest BCUT2D eigenvalue weighted by atomic mass is 9.92. The Morgan fingerprint density at radius 2 is 1.69 bits per heavy atom. The molecule has 0 bridgehead atoms. The van der Waals surface area contributed by atoms with Crippen LogP contribution in [-0.2, 0) is 29.3 Å². The van der Waals surface area contributed by atoms with Crippen molar-refractivity contribution >= 4 is 17.5 Å². The third-order valence-electron chi connectivity index (χ3n) is 7.56. The Bertz CT molecular complexity index is 1120. The molecule has 2 aliphatic heterocycles. The molecular formula is C28H33N3O4. The first kappa shape index (κ1) is 23.7. The Hall–Kier alpha value is -3.03. The Morgan fingerprint density at radius 3 is 2.40 bits per heavy atom. The summed E-state index contributed by atoms with van der Waals surface area (Å²) < 4.78 is 6.15. The number of hydrogen-bond donors (Lipinski definition) is 1. The summed E-state index contributed by atoms with van der Waals surface area (Å²) in [5, 5.41) is 3.47. The van der Waals surface area contributed by atoms with Gasteiger partial charge < -0.3 is 15.0 Å². The maximum Gasteiger partial charge on any atom is 0.255 e. The van der Waals surface area contributed by atoms with Gasteiger partial charge in [-0.15, -0.1) is 0 Å². The Balaban J connectivity index is 1.23. The van der Waals surface area contributed by atoms with E-state index >= 15 is 0 Å². The van der Waals surface area contributed by atoms with E-state index in [1.165, 1.54) is 5.56 Å². The summed E-state index contributed by atoms with van der Waals surface area (Å²) in [6.07, 6.45) is 0.685. The number of ether oxygens (including phenoxy) is 1. The number of Topliss-reactive ketones (excluding diaryl/α,β-unsaturated/α-hetero) is 2. The topological polar surface area (TPSA) is 79.0 Å². The highest BCUT2D eigenvalue weighted by Crippen LogP contribution is 2.34. The molecule has 1 aliphatic carbocycles. The van der Waals surface area contributed by atoms with E-state index in [1.54, 1.807) is 11.0 Å². The van der Waals surface area contributed by atoms with Crippen molar-refractivity contribution in [3.8, 4) is 5.75 Å². The van der Waals surface area contributed by atoms with Gasteiger partial charge in [0.15, 0.2) is 5.78 Å². The molecule has 3 aliphatic rings. The number of rotatable bonds is 6. The van der Waals surface area contributed by atoms with Crippen LogP contribution in [0.25, 0.3) is 0 Å². The lowest BCUT2D eigenvalue weighted by Crippen LogP contribution is -2.54. The van der Waals surface area contributed by atoms with Gasteiger partial charge in [-0.1, -0.05) is 30.3 Å². The van der Waals surface area contributed by atoms with Crippen molar-refractivity contribution in [2.75, 3.05) is 13.1 Å². The number of benzene rings is 2. The van der Waals surface area contributed by atoms with Crippen LogP contribution in [0.2, 0.25) is 0 Å². The quantitative estimate of drug-likeness (QED) is 0.647. The molecule has 7 nitrogen and oxygen atoms in total. The van der Waals surface area contributed by atoms with Crippen LogP contribution in [0, 0.1) is 0 Å². The van der Waals surface area contributed by atoms with Gasteiger partial charge in [0, 0.05) is 49.3 Å². The highest BCUT2D eigenvalue weighted by atomic mass is 16.5. The highest BCUT2D eigenvalue weighted by Gasteiger charge is 2.40. The molecule has 7 heteroatoms. The summed E-state index contributed by atoms with van der Waals surface area (Å²) >= 11 is 0. The van der Waals surface area contributed by atoms with Gasteiger partial charge in [-0.3, -0.25) is 19.3 Å². The normalized spacial score (nSPS) is 25.1. The van der Waals surface area contributed by atoms with Crippen molar-refractivity contribution < 1.29 is 19.1 Å². The molecule has 2 aromatic carbocycles. The smallest absolute Gasteiger partial charge is 0.255 e. The number of piperazine rings is 1. The molecule has 2 aromatic rings. The average molecular weight is 476 g/mol. The van der Waals surface area contributed by atoms with Gasteiger partial charge in [-0.05, 0) is 43.5 Å². The zero-order chi connectivity index (χ0) is 24.5. The van der Waals surface area contributed by atoms with E-state index in [0.717, 1.165) is 30.8 Å². The van der Waals surface area contributed by atoms with Crippen LogP contribution in [0.15, 0.2) is 42.5 Å². The van der Waals surface area contributed by atoms with Crippen molar-refractivity contribution in [3.05, 3.63) is 64.7 Å². The summed E-state index contributed by atoms with van der Waals surface area (Å²) in [4.78, 5) is 41.2. The van der Waals surface area contributed by atoms with Crippen LogP contribution in [0.4, 0.5) is 0 Å². The van der Waals surface area contributed by atoms with Crippen molar-refractivity contribution in [1.82, 2.24) is 15.1 Å². The molecule has 1 saturated heterocycles. The molecule has 0 aromatic heterocycles. The first-order valence-corrected chi connectivity index (χ1v) is 12.5. The molecule has 2 heterocycles. The number of ketones is 2. The minimum atomic E-state index is -0.519. The molecule has 0 spiro atoms. The highest BCUT2D eigenvalue weighted by molar-refractivity contribution is 6.07. The van der Waals surface area contributed by atoms with E-state index in [0.29, 0.717) is 49.4 Å². The van der Waals surface area contributed by atoms with Crippen molar-refractivity contribution in [3.63, 3.8) is 0 Å². The number of nitrogens with one attached hydrogen (secondary N) is 1. The standard InChI is InChI=1S/C28H33N3O4/c1-18-13-29-14-19(2)30(18)15-20-6-8-21(9-7-20)17-35-27-5-3-4-23-24(27)16-31(28(23)34)25-11-10-22(32)12-26(25)33/h3-9,18-19,25,29H,10-17H2,1-2H3/t18-,19+,25?. The van der Waals surface area contributed by atoms with Crippen LogP contribution in [0.5, 0.6) is 5.75 Å². The van der Waals surface area contributed by atoms with Crippen LogP contribution < -0.4 is 10.1 Å². The zero-order valence-electron chi connectivity index (χ0n) is 20.5. The summed E-state index contributed by atoms with van der Waals surface area (Å²) in [6, 6.07) is 14.5. The van der Waals surface area contributed by atoms with Gasteiger partial charge >= 0.3 is 0 Å². The molecule has 2 fully saturated rings. The minimum absolute atomic E-state index is 0.0394. The molecule has 5 rings (SSSR count). The Kier molecular flexibility index (Phi) is 6.71. The molecule has 35 heavy (non-hydrogen) atoms. The fourth-order valence-electron chi connectivity index (χ4n) is 5.50. The van der Waals surface area contributed by atoms with Crippen LogP contribution in [0.1, 0.15) is 60.2 Å². The average Bonchev–Trinajstić information content (AvgIpc) is 3.18. The predicted octanol–water partition coefficient (Wildman–Crippen LogP) is 3.09. The lowest BCUT2D eigenvalue weighted by molar-refractivity contribution is -0.133. The van der Waals surface area contributed by atoms with E-state index < -0.39 is 6.04 Å². The third-order valence-corrected chi connectivity index (χ3v) is 7.56. The van der Waals surface area contributed by atoms with E-state index in [4.69, 9.17) is 4.74 Å². The fourth-order valence-corrected chi connectivity index (χ4v) is 5.50. The molecule has 1 saturated carbocycles. The summed E-state index contributed by atoms with van der Waals surface area (Å²) in [7, 11) is 0. The monoisotopic (exact) mass is 475 g/mol. The molecule has 0 radical (unpaired) electrons. The first-order chi connectivity index (χ1) is 16.9. The van der Waals surface area contributed by atoms with Gasteiger partial charge in [0.25, 0.3) is 5.91 Å². The van der Waals surface area contributed by atoms with Gasteiger partial charge in [0.1, 0.15) is 18.1 Å². The minimum Gasteiger partial charge on any atom is -0.489 e. The van der Waals surface area contributed by atoms with Crippen molar-refractivity contribution in [1.29, 1.82) is 0 Å². The number of carbonyl (C=O) groups excluding carboxylic acids is 3. The fraction of sp³-hybridized carbons (Fsp3) is 0.464. The second-order valence-electron chi connectivity index (χ2n) is 10.1. The van der Waals surface area contributed by atoms with Crippen LogP contribution in [-0.4, -0.2) is 58.5 Å². The van der Waals surface area contributed by atoms with E-state index in [1.807, 2.05) is 12.1 Å². The maximum absolute atomic E-state index is 13.0. The van der Waals surface area contributed by atoms with Gasteiger partial charge in [0.2, 0.25) is 0 Å². The molecule has 1 amide bonds. The number of amides is 1. The van der Waals surface area contributed by atoms with Crippen molar-refractivity contribution in [2.45, 2.75) is 70.9 Å². The van der Waals surface area contributed by atoms with Crippen molar-refractivity contribution in [2.24, 2.45) is 0 Å². The first-order valence-electron chi connectivity index (χ1n) is 12.5. The van der Waals surface area contributed by atoms with E-state index in [2.05, 4.69) is 48.3 Å². The van der Waals surface area contributed by atoms with Crippen LogP contribution >= 0.6 is 0 Å². The summed E-state index contributed by atoms with van der Waals surface area (Å²) in [5.74, 6) is 0.320. The summed E-state index contributed by atoms with van der Waals surface area (Å²) in [5.41, 5.74) is 3.75. The van der Waals surface area contributed by atoms with Gasteiger partial charge in [-0.2, -0.15) is 0 Å². The molecule has 1 unspecified atom stereocenters. The summed E-state index contributed by atoms with van der Waals surface area (Å²) in [6.45, 7) is 8.24. The largest absolute Gasteiger partial charge is 0.489 e. The van der Waals surface area contributed by atoms with E-state index in [-0.39, 0.29) is 23.9 Å².